The van der Waals surface area contributed by atoms with Crippen LogP contribution in [-0.2, 0) is 11.3 Å². The number of amides is 1. The van der Waals surface area contributed by atoms with E-state index in [1.54, 1.807) is 18.5 Å². The van der Waals surface area contributed by atoms with Gasteiger partial charge < -0.3 is 9.64 Å². The van der Waals surface area contributed by atoms with Crippen molar-refractivity contribution in [1.82, 2.24) is 25.3 Å². The van der Waals surface area contributed by atoms with Crippen molar-refractivity contribution < 1.29 is 9.53 Å². The third kappa shape index (κ3) is 3.36. The Balaban J connectivity index is 1.63. The highest BCUT2D eigenvalue weighted by Gasteiger charge is 2.25. The Morgan fingerprint density at radius 3 is 3.04 bits per heavy atom. The largest absolute Gasteiger partial charge is 0.376 e. The van der Waals surface area contributed by atoms with E-state index in [2.05, 4.69) is 20.4 Å². The topological polar surface area (TPSA) is 84.0 Å². The molecule has 128 valence electrons. The van der Waals surface area contributed by atoms with E-state index in [4.69, 9.17) is 4.74 Å². The maximum Gasteiger partial charge on any atom is 0.256 e. The fourth-order valence-corrected chi connectivity index (χ4v) is 3.18. The van der Waals surface area contributed by atoms with Gasteiger partial charge >= 0.3 is 0 Å². The molecule has 3 heterocycles. The van der Waals surface area contributed by atoms with Crippen molar-refractivity contribution >= 4 is 16.9 Å². The first-order valence-electron chi connectivity index (χ1n) is 8.40. The molecule has 1 N–H and O–H groups in total. The second-order valence-electron chi connectivity index (χ2n) is 6.18. The maximum atomic E-state index is 13.2. The maximum absolute atomic E-state index is 13.2. The van der Waals surface area contributed by atoms with Gasteiger partial charge in [0, 0.05) is 32.1 Å². The minimum atomic E-state index is -0.0705. The molecule has 1 aromatic carbocycles. The normalized spacial score (nSPS) is 17.0. The van der Waals surface area contributed by atoms with E-state index in [1.807, 2.05) is 29.2 Å². The highest BCUT2D eigenvalue weighted by molar-refractivity contribution is 6.04. The van der Waals surface area contributed by atoms with Crippen LogP contribution in [0.25, 0.3) is 11.0 Å². The van der Waals surface area contributed by atoms with E-state index < -0.39 is 0 Å². The lowest BCUT2D eigenvalue weighted by Crippen LogP contribution is -2.37. The van der Waals surface area contributed by atoms with Crippen LogP contribution in [0.4, 0.5) is 0 Å². The highest BCUT2D eigenvalue weighted by Crippen LogP contribution is 2.20. The number of nitrogens with zero attached hydrogens (tertiary/aromatic N) is 4. The van der Waals surface area contributed by atoms with Crippen LogP contribution in [0, 0.1) is 0 Å². The molecule has 0 aliphatic carbocycles. The zero-order valence-corrected chi connectivity index (χ0v) is 13.8. The van der Waals surface area contributed by atoms with Crippen LogP contribution in [-0.4, -0.2) is 50.5 Å². The number of ether oxygens (including phenoxy) is 1. The molecule has 1 amide bonds. The molecule has 0 spiro atoms. The number of carbonyl (C=O) groups is 1. The molecule has 7 heteroatoms. The minimum absolute atomic E-state index is 0.0705. The van der Waals surface area contributed by atoms with E-state index in [0.717, 1.165) is 25.0 Å². The van der Waals surface area contributed by atoms with Gasteiger partial charge in [-0.2, -0.15) is 15.4 Å². The predicted molar refractivity (Wildman–Crippen MR) is 91.8 cm³/mol. The summed E-state index contributed by atoms with van der Waals surface area (Å²) in [6.07, 6.45) is 5.61. The van der Waals surface area contributed by atoms with E-state index in [9.17, 15) is 4.79 Å². The number of hydrogen-bond acceptors (Lipinski definition) is 5. The number of fused-ring (bicyclic) bond motifs is 1. The molecule has 0 bridgehead atoms. The summed E-state index contributed by atoms with van der Waals surface area (Å²) in [7, 11) is 0. The molecule has 3 aromatic rings. The fraction of sp³-hybridized carbons (Fsp3) is 0.333. The van der Waals surface area contributed by atoms with Gasteiger partial charge in [0.1, 0.15) is 11.0 Å². The third-order valence-electron chi connectivity index (χ3n) is 4.41. The fourth-order valence-electron chi connectivity index (χ4n) is 3.18. The Morgan fingerprint density at radius 2 is 2.24 bits per heavy atom. The number of pyridine rings is 1. The van der Waals surface area contributed by atoms with Crippen LogP contribution in [0.1, 0.15) is 28.8 Å². The van der Waals surface area contributed by atoms with Crippen molar-refractivity contribution in [3.8, 4) is 0 Å². The van der Waals surface area contributed by atoms with Gasteiger partial charge in [0.05, 0.1) is 11.7 Å². The molecule has 1 fully saturated rings. The Kier molecular flexibility index (Phi) is 4.39. The Bertz CT molecular complexity index is 858. The van der Waals surface area contributed by atoms with Gasteiger partial charge in [-0.1, -0.05) is 12.1 Å². The molecule has 1 aliphatic rings. The number of rotatable bonds is 5. The summed E-state index contributed by atoms with van der Waals surface area (Å²) in [6, 6.07) is 9.30. The number of nitrogens with one attached hydrogen (secondary N) is 1. The molecule has 1 atom stereocenters. The number of aromatic nitrogens is 4. The van der Waals surface area contributed by atoms with Gasteiger partial charge in [-0.15, -0.1) is 0 Å². The summed E-state index contributed by atoms with van der Waals surface area (Å²) in [5, 5.41) is 10.8. The molecule has 25 heavy (non-hydrogen) atoms. The molecule has 1 aliphatic heterocycles. The van der Waals surface area contributed by atoms with Gasteiger partial charge in [-0.05, 0) is 36.6 Å². The van der Waals surface area contributed by atoms with Gasteiger partial charge in [0.25, 0.3) is 5.91 Å². The number of H-pyrrole nitrogens is 1. The Morgan fingerprint density at radius 1 is 1.28 bits per heavy atom. The lowest BCUT2D eigenvalue weighted by atomic mass is 10.1. The molecule has 0 unspecified atom stereocenters. The first kappa shape index (κ1) is 15.7. The third-order valence-corrected chi connectivity index (χ3v) is 4.41. The second-order valence-corrected chi connectivity index (χ2v) is 6.18. The second kappa shape index (κ2) is 6.98. The molecule has 4 rings (SSSR count). The van der Waals surface area contributed by atoms with Crippen LogP contribution in [0.3, 0.4) is 0 Å². The smallest absolute Gasteiger partial charge is 0.256 e. The number of benzene rings is 1. The number of para-hydroxylation sites is 1. The van der Waals surface area contributed by atoms with Crippen molar-refractivity contribution in [3.63, 3.8) is 0 Å². The summed E-state index contributed by atoms with van der Waals surface area (Å²) < 4.78 is 5.74. The van der Waals surface area contributed by atoms with Gasteiger partial charge in [-0.25, -0.2) is 0 Å². The van der Waals surface area contributed by atoms with Crippen molar-refractivity contribution in [2.24, 2.45) is 0 Å². The molecule has 7 nitrogen and oxygen atoms in total. The first-order chi connectivity index (χ1) is 12.3. The predicted octanol–water partition coefficient (Wildman–Crippen LogP) is 2.17. The molecular weight excluding hydrogens is 318 g/mol. The van der Waals surface area contributed by atoms with Crippen LogP contribution < -0.4 is 0 Å². The van der Waals surface area contributed by atoms with Crippen molar-refractivity contribution in [1.29, 1.82) is 0 Å². The monoisotopic (exact) mass is 337 g/mol. The first-order valence-corrected chi connectivity index (χ1v) is 8.40. The number of carbonyl (C=O) groups excluding carboxylic acids is 1. The van der Waals surface area contributed by atoms with E-state index >= 15 is 0 Å². The standard InChI is InChI=1S/C18H19N5O2/c24-18(15-6-1-7-16-17(15)21-22-20-16)23(12-14-5-3-9-25-14)11-13-4-2-8-19-10-13/h1-2,4,6-8,10,14H,3,5,9,11-12H2,(H,20,21,22)/t14-/m0/s1. The van der Waals surface area contributed by atoms with E-state index in [1.165, 1.54) is 0 Å². The zero-order chi connectivity index (χ0) is 17.1. The summed E-state index contributed by atoms with van der Waals surface area (Å²) in [4.78, 5) is 19.2. The zero-order valence-electron chi connectivity index (χ0n) is 13.8. The highest BCUT2D eigenvalue weighted by atomic mass is 16.5. The lowest BCUT2D eigenvalue weighted by Gasteiger charge is -2.25. The number of hydrogen-bond donors (Lipinski definition) is 1. The summed E-state index contributed by atoms with van der Waals surface area (Å²) >= 11 is 0. The van der Waals surface area contributed by atoms with Crippen LogP contribution >= 0.6 is 0 Å². The SMILES string of the molecule is O=C(c1cccc2n[nH]nc12)N(Cc1cccnc1)C[C@@H]1CCCO1. The van der Waals surface area contributed by atoms with Crippen molar-refractivity contribution in [3.05, 3.63) is 53.9 Å². The quantitative estimate of drug-likeness (QED) is 0.771. The molecule has 1 saturated heterocycles. The van der Waals surface area contributed by atoms with Crippen molar-refractivity contribution in [2.75, 3.05) is 13.2 Å². The molecule has 2 aromatic heterocycles. The van der Waals surface area contributed by atoms with Gasteiger partial charge in [0.2, 0.25) is 0 Å². The van der Waals surface area contributed by atoms with E-state index in [0.29, 0.717) is 29.7 Å². The molecular formula is C18H19N5O2. The lowest BCUT2D eigenvalue weighted by molar-refractivity contribution is 0.0508. The van der Waals surface area contributed by atoms with Crippen LogP contribution in [0.15, 0.2) is 42.7 Å². The van der Waals surface area contributed by atoms with Crippen LogP contribution in [0.5, 0.6) is 0 Å². The average Bonchev–Trinajstić information content (AvgIpc) is 3.32. The number of aromatic amines is 1. The van der Waals surface area contributed by atoms with Gasteiger partial charge in [0.15, 0.2) is 0 Å². The van der Waals surface area contributed by atoms with Crippen molar-refractivity contribution in [2.45, 2.75) is 25.5 Å². The Hall–Kier alpha value is -2.80. The Labute approximate surface area is 145 Å². The summed E-state index contributed by atoms with van der Waals surface area (Å²) in [6.45, 7) is 1.81. The average molecular weight is 337 g/mol. The van der Waals surface area contributed by atoms with Gasteiger partial charge in [-0.3, -0.25) is 9.78 Å². The van der Waals surface area contributed by atoms with E-state index in [-0.39, 0.29) is 12.0 Å². The summed E-state index contributed by atoms with van der Waals surface area (Å²) in [5.74, 6) is -0.0705. The minimum Gasteiger partial charge on any atom is -0.376 e. The molecule has 0 radical (unpaired) electrons. The molecule has 0 saturated carbocycles. The summed E-state index contributed by atoms with van der Waals surface area (Å²) in [5.41, 5.74) is 2.81. The van der Waals surface area contributed by atoms with Crippen LogP contribution in [0.2, 0.25) is 0 Å².